The first-order valence-electron chi connectivity index (χ1n) is 9.13. The van der Waals surface area contributed by atoms with Crippen molar-refractivity contribution in [3.05, 3.63) is 53.1 Å². The number of benzene rings is 2. The van der Waals surface area contributed by atoms with Gasteiger partial charge in [-0.3, -0.25) is 9.59 Å². The Morgan fingerprint density at radius 2 is 1.85 bits per heavy atom. The number of amides is 2. The molecule has 0 saturated carbocycles. The van der Waals surface area contributed by atoms with Crippen molar-refractivity contribution in [2.75, 3.05) is 29.9 Å². The van der Waals surface area contributed by atoms with E-state index in [1.165, 1.54) is 18.5 Å². The van der Waals surface area contributed by atoms with Crippen LogP contribution in [0.4, 0.5) is 11.4 Å². The van der Waals surface area contributed by atoms with E-state index in [9.17, 15) is 9.59 Å². The van der Waals surface area contributed by atoms with Crippen molar-refractivity contribution in [3.8, 4) is 5.75 Å². The summed E-state index contributed by atoms with van der Waals surface area (Å²) >= 11 is 0. The number of primary amides is 1. The molecule has 2 amide bonds. The Labute approximate surface area is 159 Å². The van der Waals surface area contributed by atoms with Gasteiger partial charge in [-0.15, -0.1) is 0 Å². The van der Waals surface area contributed by atoms with Crippen LogP contribution in [0.3, 0.4) is 0 Å². The highest BCUT2D eigenvalue weighted by Gasteiger charge is 2.15. The van der Waals surface area contributed by atoms with Crippen LogP contribution in [-0.4, -0.2) is 31.5 Å². The van der Waals surface area contributed by atoms with Crippen LogP contribution in [0.5, 0.6) is 5.75 Å². The van der Waals surface area contributed by atoms with Gasteiger partial charge in [0.05, 0.1) is 5.56 Å². The number of hydrogen-bond donors (Lipinski definition) is 2. The standard InChI is InChI=1S/C21H25N3O3/c1-14-5-7-17(21(22)26)19(11-14)27-13-20(25)23-18-8-6-16(12-15(18)2)24-9-3-4-10-24/h5-8,11-12H,3-4,9-10,13H2,1-2H3,(H2,22,26)(H,23,25). The minimum atomic E-state index is -0.584. The number of anilines is 2. The van der Waals surface area contributed by atoms with Gasteiger partial charge >= 0.3 is 0 Å². The topological polar surface area (TPSA) is 84.7 Å². The second-order valence-electron chi connectivity index (χ2n) is 6.89. The van der Waals surface area contributed by atoms with Gasteiger partial charge in [0.15, 0.2) is 6.61 Å². The zero-order valence-corrected chi connectivity index (χ0v) is 15.7. The van der Waals surface area contributed by atoms with E-state index in [0.717, 1.165) is 29.9 Å². The number of nitrogens with two attached hydrogens (primary N) is 1. The Morgan fingerprint density at radius 3 is 2.52 bits per heavy atom. The number of ether oxygens (including phenoxy) is 1. The van der Waals surface area contributed by atoms with Crippen molar-refractivity contribution < 1.29 is 14.3 Å². The highest BCUT2D eigenvalue weighted by atomic mass is 16.5. The molecule has 1 fully saturated rings. The lowest BCUT2D eigenvalue weighted by atomic mass is 10.1. The van der Waals surface area contributed by atoms with E-state index >= 15 is 0 Å². The maximum atomic E-state index is 12.3. The van der Waals surface area contributed by atoms with Crippen molar-refractivity contribution in [2.24, 2.45) is 5.73 Å². The fourth-order valence-corrected chi connectivity index (χ4v) is 3.24. The van der Waals surface area contributed by atoms with Gasteiger partial charge in [0.25, 0.3) is 11.8 Å². The zero-order chi connectivity index (χ0) is 19.4. The van der Waals surface area contributed by atoms with E-state index in [0.29, 0.717) is 5.75 Å². The highest BCUT2D eigenvalue weighted by molar-refractivity contribution is 5.96. The van der Waals surface area contributed by atoms with Crippen molar-refractivity contribution in [3.63, 3.8) is 0 Å². The van der Waals surface area contributed by atoms with Crippen LogP contribution in [0.25, 0.3) is 0 Å². The van der Waals surface area contributed by atoms with Crippen molar-refractivity contribution in [1.82, 2.24) is 0 Å². The first-order valence-corrected chi connectivity index (χ1v) is 9.13. The number of carbonyl (C=O) groups excluding carboxylic acids is 2. The summed E-state index contributed by atoms with van der Waals surface area (Å²) in [6.07, 6.45) is 2.45. The fraction of sp³-hybridized carbons (Fsp3) is 0.333. The molecular formula is C21H25N3O3. The second kappa shape index (κ2) is 8.12. The van der Waals surface area contributed by atoms with Crippen LogP contribution >= 0.6 is 0 Å². The molecule has 1 heterocycles. The third kappa shape index (κ3) is 4.58. The molecule has 6 nitrogen and oxygen atoms in total. The predicted molar refractivity (Wildman–Crippen MR) is 106 cm³/mol. The summed E-state index contributed by atoms with van der Waals surface area (Å²) in [4.78, 5) is 26.1. The summed E-state index contributed by atoms with van der Waals surface area (Å²) in [5.41, 5.74) is 9.48. The van der Waals surface area contributed by atoms with Gasteiger partial charge < -0.3 is 20.7 Å². The van der Waals surface area contributed by atoms with E-state index < -0.39 is 5.91 Å². The molecule has 1 aliphatic heterocycles. The molecule has 6 heteroatoms. The van der Waals surface area contributed by atoms with Crippen LogP contribution in [0, 0.1) is 13.8 Å². The average Bonchev–Trinajstić information content (AvgIpc) is 3.16. The smallest absolute Gasteiger partial charge is 0.262 e. The summed E-state index contributed by atoms with van der Waals surface area (Å²) in [7, 11) is 0. The molecule has 0 aromatic heterocycles. The van der Waals surface area contributed by atoms with Gasteiger partial charge in [0, 0.05) is 24.5 Å². The van der Waals surface area contributed by atoms with Crippen molar-refractivity contribution in [2.45, 2.75) is 26.7 Å². The van der Waals surface area contributed by atoms with E-state index in [1.807, 2.05) is 26.0 Å². The monoisotopic (exact) mass is 367 g/mol. The number of hydrogen-bond acceptors (Lipinski definition) is 4. The third-order valence-electron chi connectivity index (χ3n) is 4.72. The predicted octanol–water partition coefficient (Wildman–Crippen LogP) is 3.02. The molecule has 0 unspecified atom stereocenters. The fourth-order valence-electron chi connectivity index (χ4n) is 3.24. The van der Waals surface area contributed by atoms with E-state index in [-0.39, 0.29) is 18.1 Å². The number of nitrogens with one attached hydrogen (secondary N) is 1. The summed E-state index contributed by atoms with van der Waals surface area (Å²) in [6, 6.07) is 11.1. The molecule has 1 saturated heterocycles. The molecule has 142 valence electrons. The van der Waals surface area contributed by atoms with Gasteiger partial charge in [-0.1, -0.05) is 6.07 Å². The molecule has 1 aliphatic rings. The molecule has 0 bridgehead atoms. The van der Waals surface area contributed by atoms with E-state index in [2.05, 4.69) is 16.3 Å². The number of aryl methyl sites for hydroxylation is 2. The number of carbonyl (C=O) groups is 2. The second-order valence-corrected chi connectivity index (χ2v) is 6.89. The Kier molecular flexibility index (Phi) is 5.64. The van der Waals surface area contributed by atoms with Gasteiger partial charge in [-0.25, -0.2) is 0 Å². The highest BCUT2D eigenvalue weighted by Crippen LogP contribution is 2.25. The summed E-state index contributed by atoms with van der Waals surface area (Å²) in [5.74, 6) is -0.554. The summed E-state index contributed by atoms with van der Waals surface area (Å²) in [5, 5.41) is 2.86. The molecule has 0 aliphatic carbocycles. The van der Waals surface area contributed by atoms with Crippen molar-refractivity contribution in [1.29, 1.82) is 0 Å². The van der Waals surface area contributed by atoms with Crippen LogP contribution < -0.4 is 20.7 Å². The first kappa shape index (κ1) is 18.8. The Balaban J connectivity index is 1.63. The lowest BCUT2D eigenvalue weighted by molar-refractivity contribution is -0.118. The first-order chi connectivity index (χ1) is 12.9. The maximum absolute atomic E-state index is 12.3. The Morgan fingerprint density at radius 1 is 1.11 bits per heavy atom. The summed E-state index contributed by atoms with van der Waals surface area (Å²) in [6.45, 7) is 5.82. The largest absolute Gasteiger partial charge is 0.483 e. The quantitative estimate of drug-likeness (QED) is 0.822. The molecule has 0 atom stereocenters. The summed E-state index contributed by atoms with van der Waals surface area (Å²) < 4.78 is 5.54. The van der Waals surface area contributed by atoms with E-state index in [1.54, 1.807) is 18.2 Å². The van der Waals surface area contributed by atoms with Gasteiger partial charge in [-0.2, -0.15) is 0 Å². The Bertz CT molecular complexity index is 858. The lowest BCUT2D eigenvalue weighted by Crippen LogP contribution is -2.22. The molecule has 0 radical (unpaired) electrons. The van der Waals surface area contributed by atoms with Gasteiger partial charge in [0.1, 0.15) is 5.75 Å². The molecule has 2 aromatic carbocycles. The number of nitrogens with zero attached hydrogens (tertiary/aromatic N) is 1. The molecule has 3 rings (SSSR count). The van der Waals surface area contributed by atoms with E-state index in [4.69, 9.17) is 10.5 Å². The van der Waals surface area contributed by atoms with Crippen LogP contribution in [0.2, 0.25) is 0 Å². The third-order valence-corrected chi connectivity index (χ3v) is 4.72. The Hall–Kier alpha value is -3.02. The minimum absolute atomic E-state index is 0.197. The average molecular weight is 367 g/mol. The van der Waals surface area contributed by atoms with Crippen molar-refractivity contribution >= 4 is 23.2 Å². The minimum Gasteiger partial charge on any atom is -0.483 e. The molecular weight excluding hydrogens is 342 g/mol. The molecule has 2 aromatic rings. The lowest BCUT2D eigenvalue weighted by Gasteiger charge is -2.19. The normalized spacial score (nSPS) is 13.5. The van der Waals surface area contributed by atoms with Crippen LogP contribution in [-0.2, 0) is 4.79 Å². The zero-order valence-electron chi connectivity index (χ0n) is 15.7. The van der Waals surface area contributed by atoms with Crippen LogP contribution in [0.15, 0.2) is 36.4 Å². The molecule has 27 heavy (non-hydrogen) atoms. The van der Waals surface area contributed by atoms with Gasteiger partial charge in [0.2, 0.25) is 0 Å². The van der Waals surface area contributed by atoms with Crippen LogP contribution in [0.1, 0.15) is 34.3 Å². The SMILES string of the molecule is Cc1ccc(C(N)=O)c(OCC(=O)Nc2ccc(N3CCCC3)cc2C)c1. The maximum Gasteiger partial charge on any atom is 0.262 e. The molecule has 3 N–H and O–H groups in total. The van der Waals surface area contributed by atoms with Gasteiger partial charge in [-0.05, 0) is 68.1 Å². The molecule has 0 spiro atoms. The number of rotatable bonds is 6.